The van der Waals surface area contributed by atoms with Crippen LogP contribution >= 0.6 is 0 Å². The van der Waals surface area contributed by atoms with E-state index >= 15 is 0 Å². The first-order chi connectivity index (χ1) is 7.51. The van der Waals surface area contributed by atoms with Crippen LogP contribution in [0.3, 0.4) is 0 Å². The number of rotatable bonds is 7. The van der Waals surface area contributed by atoms with Crippen molar-refractivity contribution in [1.29, 1.82) is 0 Å². The Labute approximate surface area is 97.3 Å². The maximum atomic E-state index is 11.4. The highest BCUT2D eigenvalue weighted by atomic mass is 16.6. The SMILES string of the molecule is C=C(C)C(=O)OC(=O)CN(CCC)CCC. The number of hydrogen-bond donors (Lipinski definition) is 0. The van der Waals surface area contributed by atoms with E-state index in [9.17, 15) is 9.59 Å². The standard InChI is InChI=1S/C12H21NO3/c1-5-7-13(8-6-2)9-11(14)16-12(15)10(3)4/h3,5-9H2,1-2,4H3. The van der Waals surface area contributed by atoms with Crippen LogP contribution in [0.15, 0.2) is 12.2 Å². The molecule has 0 unspecified atom stereocenters. The molecule has 0 amide bonds. The van der Waals surface area contributed by atoms with Gasteiger partial charge in [-0.2, -0.15) is 0 Å². The zero-order valence-corrected chi connectivity index (χ0v) is 10.4. The molecule has 0 radical (unpaired) electrons. The summed E-state index contributed by atoms with van der Waals surface area (Å²) in [6, 6.07) is 0. The zero-order valence-electron chi connectivity index (χ0n) is 10.4. The average Bonchev–Trinajstić information content (AvgIpc) is 2.17. The van der Waals surface area contributed by atoms with Gasteiger partial charge in [-0.1, -0.05) is 20.4 Å². The van der Waals surface area contributed by atoms with Crippen molar-refractivity contribution < 1.29 is 14.3 Å². The molecule has 0 heterocycles. The summed E-state index contributed by atoms with van der Waals surface area (Å²) in [6.07, 6.45) is 1.95. The van der Waals surface area contributed by atoms with Gasteiger partial charge in [-0.3, -0.25) is 9.69 Å². The van der Waals surface area contributed by atoms with Crippen LogP contribution in [0, 0.1) is 0 Å². The topological polar surface area (TPSA) is 46.6 Å². The molecule has 4 heteroatoms. The fourth-order valence-electron chi connectivity index (χ4n) is 1.31. The Morgan fingerprint density at radius 2 is 1.69 bits per heavy atom. The van der Waals surface area contributed by atoms with E-state index in [-0.39, 0.29) is 12.1 Å². The molecule has 0 saturated carbocycles. The van der Waals surface area contributed by atoms with Gasteiger partial charge in [0.1, 0.15) is 0 Å². The fourth-order valence-corrected chi connectivity index (χ4v) is 1.31. The Morgan fingerprint density at radius 3 is 2.06 bits per heavy atom. The third-order valence-corrected chi connectivity index (χ3v) is 1.99. The lowest BCUT2D eigenvalue weighted by Gasteiger charge is -2.19. The summed E-state index contributed by atoms with van der Waals surface area (Å²) in [5.41, 5.74) is 0.242. The molecule has 0 atom stereocenters. The van der Waals surface area contributed by atoms with Gasteiger partial charge in [0.15, 0.2) is 0 Å². The maximum Gasteiger partial charge on any atom is 0.340 e. The molecule has 0 aliphatic rings. The van der Waals surface area contributed by atoms with Gasteiger partial charge in [-0.25, -0.2) is 4.79 Å². The molecule has 0 aromatic rings. The van der Waals surface area contributed by atoms with E-state index in [0.29, 0.717) is 0 Å². The number of ether oxygens (including phenoxy) is 1. The number of carbonyl (C=O) groups excluding carboxylic acids is 2. The molecule has 0 aromatic heterocycles. The highest BCUT2D eigenvalue weighted by Gasteiger charge is 2.14. The maximum absolute atomic E-state index is 11.4. The lowest BCUT2D eigenvalue weighted by atomic mass is 10.3. The predicted octanol–water partition coefficient (Wildman–Crippen LogP) is 1.75. The van der Waals surface area contributed by atoms with E-state index in [4.69, 9.17) is 0 Å². The van der Waals surface area contributed by atoms with E-state index in [2.05, 4.69) is 11.3 Å². The fraction of sp³-hybridized carbons (Fsp3) is 0.667. The Bertz CT molecular complexity index is 255. The summed E-state index contributed by atoms with van der Waals surface area (Å²) < 4.78 is 4.62. The molecule has 92 valence electrons. The molecular weight excluding hydrogens is 206 g/mol. The first kappa shape index (κ1) is 14.8. The van der Waals surface area contributed by atoms with E-state index in [1.54, 1.807) is 0 Å². The van der Waals surface area contributed by atoms with Crippen LogP contribution in [-0.2, 0) is 14.3 Å². The van der Waals surface area contributed by atoms with Gasteiger partial charge in [-0.15, -0.1) is 0 Å². The van der Waals surface area contributed by atoms with Crippen LogP contribution in [0.5, 0.6) is 0 Å². The largest absolute Gasteiger partial charge is 0.389 e. The van der Waals surface area contributed by atoms with Crippen LogP contribution in [0.2, 0.25) is 0 Å². The van der Waals surface area contributed by atoms with Crippen molar-refractivity contribution in [2.24, 2.45) is 0 Å². The molecule has 0 fully saturated rings. The second-order valence-electron chi connectivity index (χ2n) is 3.82. The number of nitrogens with zero attached hydrogens (tertiary/aromatic N) is 1. The van der Waals surface area contributed by atoms with E-state index in [0.717, 1.165) is 25.9 Å². The minimum atomic E-state index is -0.641. The molecule has 0 bridgehead atoms. The first-order valence-electron chi connectivity index (χ1n) is 5.64. The Kier molecular flexibility index (Phi) is 7.46. The Balaban J connectivity index is 4.08. The third kappa shape index (κ3) is 6.35. The van der Waals surface area contributed by atoms with Crippen molar-refractivity contribution in [3.63, 3.8) is 0 Å². The second kappa shape index (κ2) is 8.05. The minimum Gasteiger partial charge on any atom is -0.389 e. The van der Waals surface area contributed by atoms with Crippen LogP contribution in [0.1, 0.15) is 33.6 Å². The van der Waals surface area contributed by atoms with Crippen molar-refractivity contribution in [2.45, 2.75) is 33.6 Å². The number of esters is 2. The van der Waals surface area contributed by atoms with E-state index in [1.807, 2.05) is 18.7 Å². The van der Waals surface area contributed by atoms with Crippen LogP contribution in [0.25, 0.3) is 0 Å². The third-order valence-electron chi connectivity index (χ3n) is 1.99. The predicted molar refractivity (Wildman–Crippen MR) is 62.9 cm³/mol. The van der Waals surface area contributed by atoms with Crippen LogP contribution in [0.4, 0.5) is 0 Å². The van der Waals surface area contributed by atoms with Crippen molar-refractivity contribution in [1.82, 2.24) is 4.90 Å². The molecule has 0 rings (SSSR count). The van der Waals surface area contributed by atoms with Crippen LogP contribution in [-0.4, -0.2) is 36.5 Å². The summed E-state index contributed by atoms with van der Waals surface area (Å²) in [5, 5.41) is 0. The summed E-state index contributed by atoms with van der Waals surface area (Å²) in [7, 11) is 0. The lowest BCUT2D eigenvalue weighted by Crippen LogP contribution is -2.33. The smallest absolute Gasteiger partial charge is 0.340 e. The van der Waals surface area contributed by atoms with Gasteiger partial charge in [0, 0.05) is 5.57 Å². The summed E-state index contributed by atoms with van der Waals surface area (Å²) in [4.78, 5) is 24.5. The van der Waals surface area contributed by atoms with Gasteiger partial charge in [-0.05, 0) is 32.9 Å². The van der Waals surface area contributed by atoms with Gasteiger partial charge >= 0.3 is 11.9 Å². The van der Waals surface area contributed by atoms with E-state index in [1.165, 1.54) is 6.92 Å². The van der Waals surface area contributed by atoms with Gasteiger partial charge < -0.3 is 4.74 Å². The highest BCUT2D eigenvalue weighted by molar-refractivity contribution is 5.95. The normalized spacial score (nSPS) is 10.2. The van der Waals surface area contributed by atoms with Gasteiger partial charge in [0.25, 0.3) is 0 Å². The van der Waals surface area contributed by atoms with Crippen molar-refractivity contribution in [3.8, 4) is 0 Å². The quantitative estimate of drug-likeness (QED) is 0.378. The van der Waals surface area contributed by atoms with Gasteiger partial charge in [0.05, 0.1) is 6.54 Å². The van der Waals surface area contributed by atoms with Gasteiger partial charge in [0.2, 0.25) is 0 Å². The molecule has 0 aliphatic heterocycles. The summed E-state index contributed by atoms with van der Waals surface area (Å²) >= 11 is 0. The molecule has 0 aromatic carbocycles. The molecule has 0 N–H and O–H groups in total. The Hall–Kier alpha value is -1.16. The molecular formula is C12H21NO3. The first-order valence-corrected chi connectivity index (χ1v) is 5.64. The van der Waals surface area contributed by atoms with Crippen molar-refractivity contribution in [2.75, 3.05) is 19.6 Å². The monoisotopic (exact) mass is 227 g/mol. The molecule has 0 saturated heterocycles. The molecule has 0 aliphatic carbocycles. The van der Waals surface area contributed by atoms with Crippen molar-refractivity contribution >= 4 is 11.9 Å². The Morgan fingerprint density at radius 1 is 1.19 bits per heavy atom. The van der Waals surface area contributed by atoms with E-state index < -0.39 is 11.9 Å². The second-order valence-corrected chi connectivity index (χ2v) is 3.82. The average molecular weight is 227 g/mol. The zero-order chi connectivity index (χ0) is 12.6. The molecule has 4 nitrogen and oxygen atoms in total. The summed E-state index contributed by atoms with van der Waals surface area (Å²) in [5.74, 6) is -1.15. The highest BCUT2D eigenvalue weighted by Crippen LogP contribution is 1.98. The van der Waals surface area contributed by atoms with Crippen LogP contribution < -0.4 is 0 Å². The number of hydrogen-bond acceptors (Lipinski definition) is 4. The van der Waals surface area contributed by atoms with Crippen molar-refractivity contribution in [3.05, 3.63) is 12.2 Å². The number of carbonyl (C=O) groups is 2. The summed E-state index contributed by atoms with van der Waals surface area (Å²) in [6.45, 7) is 10.9. The molecule has 0 spiro atoms. The lowest BCUT2D eigenvalue weighted by molar-refractivity contribution is -0.157. The molecule has 16 heavy (non-hydrogen) atoms. The minimum absolute atomic E-state index is 0.167.